The summed E-state index contributed by atoms with van der Waals surface area (Å²) < 4.78 is 5.92. The number of hydrogen-bond donors (Lipinski definition) is 2. The molecule has 0 aliphatic rings. The second kappa shape index (κ2) is 10.3. The van der Waals surface area contributed by atoms with Crippen LogP contribution in [0.3, 0.4) is 0 Å². The number of ether oxygens (including phenoxy) is 1. The Bertz CT molecular complexity index is 658. The van der Waals surface area contributed by atoms with Gasteiger partial charge in [0.1, 0.15) is 11.9 Å². The van der Waals surface area contributed by atoms with E-state index in [2.05, 4.69) is 40.5 Å². The van der Waals surface area contributed by atoms with Crippen LogP contribution in [-0.4, -0.2) is 36.7 Å². The number of aliphatic imine (C=N–C) groups is 1. The van der Waals surface area contributed by atoms with Crippen LogP contribution in [0.15, 0.2) is 53.7 Å². The largest absolute Gasteiger partial charge is 0.489 e. The molecule has 2 rings (SSSR count). The summed E-state index contributed by atoms with van der Waals surface area (Å²) in [4.78, 5) is 8.94. The first-order valence-corrected chi connectivity index (χ1v) is 8.82. The molecule has 0 spiro atoms. The fraction of sp³-hybridized carbons (Fsp3) is 0.400. The molecule has 0 aliphatic heterocycles. The first kappa shape index (κ1) is 18.8. The second-order valence-corrected chi connectivity index (χ2v) is 5.96. The fourth-order valence-electron chi connectivity index (χ4n) is 2.37. The predicted molar refractivity (Wildman–Crippen MR) is 103 cm³/mol. The Morgan fingerprint density at radius 2 is 2.08 bits per heavy atom. The lowest BCUT2D eigenvalue weighted by Gasteiger charge is -2.15. The summed E-state index contributed by atoms with van der Waals surface area (Å²) in [5.41, 5.74) is 2.26. The molecule has 5 heteroatoms. The Labute approximate surface area is 150 Å². The van der Waals surface area contributed by atoms with Crippen LogP contribution in [0.1, 0.15) is 25.1 Å². The summed E-state index contributed by atoms with van der Waals surface area (Å²) in [7, 11) is 0. The number of nitrogens with zero attached hydrogens (tertiary/aromatic N) is 2. The Hall–Kier alpha value is -2.56. The van der Waals surface area contributed by atoms with E-state index in [4.69, 9.17) is 4.74 Å². The summed E-state index contributed by atoms with van der Waals surface area (Å²) in [6, 6.07) is 14.0. The molecule has 5 nitrogen and oxygen atoms in total. The quantitative estimate of drug-likeness (QED) is 0.573. The standard InChI is InChI=1S/C20H28N4O/c1-4-21-20(23-13-11-18-9-5-6-12-22-18)24-15-17(3)25-19-10-7-8-16(2)14-19/h5-10,12,14,17H,4,11,13,15H2,1-3H3,(H2,21,23,24). The minimum Gasteiger partial charge on any atom is -0.489 e. The average Bonchev–Trinajstić information content (AvgIpc) is 2.60. The van der Waals surface area contributed by atoms with Gasteiger partial charge in [0.15, 0.2) is 5.96 Å². The molecular weight excluding hydrogens is 312 g/mol. The van der Waals surface area contributed by atoms with Gasteiger partial charge in [-0.3, -0.25) is 4.98 Å². The van der Waals surface area contributed by atoms with Crippen LogP contribution in [0.2, 0.25) is 0 Å². The van der Waals surface area contributed by atoms with E-state index in [0.29, 0.717) is 6.54 Å². The molecule has 1 aromatic carbocycles. The number of hydrogen-bond acceptors (Lipinski definition) is 3. The highest BCUT2D eigenvalue weighted by Gasteiger charge is 2.05. The molecule has 25 heavy (non-hydrogen) atoms. The molecule has 134 valence electrons. The van der Waals surface area contributed by atoms with Crippen molar-refractivity contribution in [2.24, 2.45) is 4.99 Å². The van der Waals surface area contributed by atoms with Crippen LogP contribution in [0.25, 0.3) is 0 Å². The summed E-state index contributed by atoms with van der Waals surface area (Å²) in [5.74, 6) is 1.69. The minimum absolute atomic E-state index is 0.00745. The Morgan fingerprint density at radius 3 is 2.80 bits per heavy atom. The maximum atomic E-state index is 5.92. The van der Waals surface area contributed by atoms with Gasteiger partial charge in [0, 0.05) is 31.4 Å². The summed E-state index contributed by atoms with van der Waals surface area (Å²) in [6.45, 7) is 8.35. The highest BCUT2D eigenvalue weighted by molar-refractivity contribution is 5.79. The molecule has 0 bridgehead atoms. The van der Waals surface area contributed by atoms with Gasteiger partial charge < -0.3 is 15.4 Å². The summed E-state index contributed by atoms with van der Waals surface area (Å²) in [6.07, 6.45) is 2.69. The molecule has 0 amide bonds. The number of pyridine rings is 1. The highest BCUT2D eigenvalue weighted by atomic mass is 16.5. The van der Waals surface area contributed by atoms with Gasteiger partial charge in [-0.15, -0.1) is 0 Å². The summed E-state index contributed by atoms with van der Waals surface area (Å²) >= 11 is 0. The van der Waals surface area contributed by atoms with Crippen LogP contribution >= 0.6 is 0 Å². The van der Waals surface area contributed by atoms with Crippen molar-refractivity contribution in [2.75, 3.05) is 19.6 Å². The zero-order valence-electron chi connectivity index (χ0n) is 15.3. The molecule has 1 heterocycles. The zero-order chi connectivity index (χ0) is 17.9. The van der Waals surface area contributed by atoms with Gasteiger partial charge in [0.2, 0.25) is 0 Å². The smallest absolute Gasteiger partial charge is 0.191 e. The number of aromatic nitrogens is 1. The van der Waals surface area contributed by atoms with Crippen molar-refractivity contribution in [1.29, 1.82) is 0 Å². The predicted octanol–water partition coefficient (Wildman–Crippen LogP) is 2.96. The summed E-state index contributed by atoms with van der Waals surface area (Å²) in [5, 5.41) is 6.60. The van der Waals surface area contributed by atoms with Gasteiger partial charge in [0.05, 0.1) is 6.54 Å². The van der Waals surface area contributed by atoms with Crippen molar-refractivity contribution < 1.29 is 4.74 Å². The molecule has 1 unspecified atom stereocenters. The third kappa shape index (κ3) is 7.25. The van der Waals surface area contributed by atoms with E-state index in [1.54, 1.807) is 0 Å². The van der Waals surface area contributed by atoms with Gasteiger partial charge in [-0.25, -0.2) is 4.99 Å². The lowest BCUT2D eigenvalue weighted by atomic mass is 10.2. The average molecular weight is 340 g/mol. The molecule has 0 aliphatic carbocycles. The molecule has 0 saturated heterocycles. The maximum Gasteiger partial charge on any atom is 0.191 e. The molecular formula is C20H28N4O. The lowest BCUT2D eigenvalue weighted by Crippen LogP contribution is -2.39. The molecule has 0 radical (unpaired) electrons. The van der Waals surface area contributed by atoms with E-state index >= 15 is 0 Å². The van der Waals surface area contributed by atoms with Gasteiger partial charge >= 0.3 is 0 Å². The molecule has 1 aromatic heterocycles. The molecule has 1 atom stereocenters. The first-order valence-electron chi connectivity index (χ1n) is 8.82. The van der Waals surface area contributed by atoms with E-state index < -0.39 is 0 Å². The van der Waals surface area contributed by atoms with Gasteiger partial charge in [-0.2, -0.15) is 0 Å². The number of guanidine groups is 1. The molecule has 0 fully saturated rings. The minimum atomic E-state index is 0.00745. The third-order valence-electron chi connectivity index (χ3n) is 3.58. The SMILES string of the molecule is CCNC(=NCC(C)Oc1cccc(C)c1)NCCc1ccccn1. The Balaban J connectivity index is 1.81. The number of aryl methyl sites for hydroxylation is 1. The monoisotopic (exact) mass is 340 g/mol. The fourth-order valence-corrected chi connectivity index (χ4v) is 2.37. The van der Waals surface area contributed by atoms with Crippen molar-refractivity contribution in [2.45, 2.75) is 33.3 Å². The van der Waals surface area contributed by atoms with E-state index in [1.165, 1.54) is 5.56 Å². The number of rotatable bonds is 8. The molecule has 2 aromatic rings. The first-order chi connectivity index (χ1) is 12.2. The molecule has 0 saturated carbocycles. The van der Waals surface area contributed by atoms with Crippen LogP contribution in [0, 0.1) is 6.92 Å². The van der Waals surface area contributed by atoms with Crippen LogP contribution in [0.4, 0.5) is 0 Å². The Morgan fingerprint density at radius 1 is 1.20 bits per heavy atom. The van der Waals surface area contributed by atoms with Crippen LogP contribution < -0.4 is 15.4 Å². The van der Waals surface area contributed by atoms with Crippen molar-refractivity contribution in [3.05, 3.63) is 59.9 Å². The van der Waals surface area contributed by atoms with E-state index in [1.807, 2.05) is 49.5 Å². The van der Waals surface area contributed by atoms with Crippen molar-refractivity contribution in [3.8, 4) is 5.75 Å². The molecule has 2 N–H and O–H groups in total. The van der Waals surface area contributed by atoms with E-state index in [-0.39, 0.29) is 6.10 Å². The van der Waals surface area contributed by atoms with Gasteiger partial charge in [0.25, 0.3) is 0 Å². The number of benzene rings is 1. The van der Waals surface area contributed by atoms with Crippen molar-refractivity contribution >= 4 is 5.96 Å². The van der Waals surface area contributed by atoms with Crippen LogP contribution in [-0.2, 0) is 6.42 Å². The maximum absolute atomic E-state index is 5.92. The zero-order valence-corrected chi connectivity index (χ0v) is 15.3. The third-order valence-corrected chi connectivity index (χ3v) is 3.58. The van der Waals surface area contributed by atoms with E-state index in [0.717, 1.165) is 36.9 Å². The number of nitrogens with one attached hydrogen (secondary N) is 2. The topological polar surface area (TPSA) is 58.5 Å². The normalized spacial score (nSPS) is 12.5. The Kier molecular flexibility index (Phi) is 7.76. The van der Waals surface area contributed by atoms with Crippen molar-refractivity contribution in [1.82, 2.24) is 15.6 Å². The van der Waals surface area contributed by atoms with Gasteiger partial charge in [-0.05, 0) is 50.6 Å². The van der Waals surface area contributed by atoms with Gasteiger partial charge in [-0.1, -0.05) is 18.2 Å². The van der Waals surface area contributed by atoms with Crippen molar-refractivity contribution in [3.63, 3.8) is 0 Å². The van der Waals surface area contributed by atoms with E-state index in [9.17, 15) is 0 Å². The highest BCUT2D eigenvalue weighted by Crippen LogP contribution is 2.14. The van der Waals surface area contributed by atoms with Crippen LogP contribution in [0.5, 0.6) is 5.75 Å². The lowest BCUT2D eigenvalue weighted by molar-refractivity contribution is 0.230. The second-order valence-electron chi connectivity index (χ2n) is 5.96.